The van der Waals surface area contributed by atoms with E-state index < -0.39 is 19.9 Å². The number of carbonyl (C=O) groups excluding carboxylic acids is 1. The minimum absolute atomic E-state index is 0.0367. The summed E-state index contributed by atoms with van der Waals surface area (Å²) in [6.45, 7) is 2.82. The molecule has 2 aromatic rings. The second-order valence-electron chi connectivity index (χ2n) is 8.39. The molecule has 0 saturated carbocycles. The molecule has 0 aliphatic carbocycles. The van der Waals surface area contributed by atoms with Crippen LogP contribution >= 0.6 is 0 Å². The van der Waals surface area contributed by atoms with E-state index in [9.17, 15) is 21.6 Å². The van der Waals surface area contributed by atoms with Crippen LogP contribution in [0.15, 0.2) is 53.4 Å². The van der Waals surface area contributed by atoms with Gasteiger partial charge in [-0.05, 0) is 49.1 Å². The van der Waals surface area contributed by atoms with Crippen LogP contribution in [0.1, 0.15) is 42.1 Å². The quantitative estimate of drug-likeness (QED) is 0.613. The van der Waals surface area contributed by atoms with Crippen molar-refractivity contribution in [2.24, 2.45) is 0 Å². The van der Waals surface area contributed by atoms with Crippen LogP contribution in [-0.2, 0) is 26.3 Å². The molecular weight excluding hydrogens is 448 g/mol. The predicted octanol–water partition coefficient (Wildman–Crippen LogP) is 2.87. The van der Waals surface area contributed by atoms with Crippen LogP contribution in [0.25, 0.3) is 0 Å². The molecule has 4 rings (SSSR count). The van der Waals surface area contributed by atoms with E-state index >= 15 is 0 Å². The van der Waals surface area contributed by atoms with Gasteiger partial charge in [-0.2, -0.15) is 0 Å². The number of sulfonamides is 1. The first kappa shape index (κ1) is 22.8. The largest absolute Gasteiger partial charge is 0.335 e. The highest BCUT2D eigenvalue weighted by atomic mass is 32.2. The summed E-state index contributed by atoms with van der Waals surface area (Å²) >= 11 is 0. The Labute approximate surface area is 190 Å². The molecule has 2 aliphatic heterocycles. The van der Waals surface area contributed by atoms with Gasteiger partial charge in [0.05, 0.1) is 22.1 Å². The van der Waals surface area contributed by atoms with E-state index in [1.165, 1.54) is 16.4 Å². The van der Waals surface area contributed by atoms with Crippen LogP contribution < -0.4 is 4.31 Å². The molecule has 2 aromatic carbocycles. The number of rotatable bonds is 7. The van der Waals surface area contributed by atoms with E-state index in [4.69, 9.17) is 0 Å². The maximum absolute atomic E-state index is 13.4. The van der Waals surface area contributed by atoms with Gasteiger partial charge in [0.2, 0.25) is 0 Å². The molecule has 1 amide bonds. The van der Waals surface area contributed by atoms with Crippen molar-refractivity contribution in [3.05, 3.63) is 59.7 Å². The molecule has 0 bridgehead atoms. The molecular formula is C23H28N2O5S2. The summed E-state index contributed by atoms with van der Waals surface area (Å²) < 4.78 is 52.1. The molecule has 2 aliphatic rings. The Morgan fingerprint density at radius 1 is 1.16 bits per heavy atom. The number of para-hydroxylation sites is 1. The third kappa shape index (κ3) is 4.41. The summed E-state index contributed by atoms with van der Waals surface area (Å²) in [5.41, 5.74) is 1.92. The number of anilines is 1. The van der Waals surface area contributed by atoms with Crippen LogP contribution in [0.2, 0.25) is 0 Å². The minimum Gasteiger partial charge on any atom is -0.335 e. The Hall–Kier alpha value is -2.39. The average molecular weight is 477 g/mol. The molecule has 0 unspecified atom stereocenters. The maximum Gasteiger partial charge on any atom is 0.264 e. The third-order valence-corrected chi connectivity index (χ3v) is 9.74. The van der Waals surface area contributed by atoms with Crippen LogP contribution in [0.5, 0.6) is 0 Å². The number of amides is 1. The fraction of sp³-hybridized carbons (Fsp3) is 0.435. The molecule has 0 radical (unpaired) electrons. The highest BCUT2D eigenvalue weighted by Crippen LogP contribution is 2.33. The van der Waals surface area contributed by atoms with Crippen molar-refractivity contribution in [1.29, 1.82) is 0 Å². The number of hydrogen-bond acceptors (Lipinski definition) is 5. The number of unbranched alkanes of at least 4 members (excludes halogenated alkanes) is 1. The molecule has 172 valence electrons. The van der Waals surface area contributed by atoms with Crippen LogP contribution in [0.3, 0.4) is 0 Å². The van der Waals surface area contributed by atoms with Crippen molar-refractivity contribution < 1.29 is 21.6 Å². The number of carbonyl (C=O) groups is 1. The molecule has 1 saturated heterocycles. The zero-order valence-electron chi connectivity index (χ0n) is 18.1. The molecule has 2 heterocycles. The van der Waals surface area contributed by atoms with Crippen LogP contribution in [0, 0.1) is 0 Å². The van der Waals surface area contributed by atoms with E-state index in [-0.39, 0.29) is 33.9 Å². The smallest absolute Gasteiger partial charge is 0.264 e. The third-order valence-electron chi connectivity index (χ3n) is 6.18. The Morgan fingerprint density at radius 2 is 1.94 bits per heavy atom. The predicted molar refractivity (Wildman–Crippen MR) is 124 cm³/mol. The lowest BCUT2D eigenvalue weighted by Gasteiger charge is -2.28. The van der Waals surface area contributed by atoms with Crippen molar-refractivity contribution in [3.63, 3.8) is 0 Å². The number of sulfone groups is 1. The van der Waals surface area contributed by atoms with E-state index in [1.807, 2.05) is 25.1 Å². The van der Waals surface area contributed by atoms with Crippen LogP contribution in [0.4, 0.5) is 5.69 Å². The molecule has 0 N–H and O–H groups in total. The molecule has 0 spiro atoms. The first-order valence-corrected chi connectivity index (χ1v) is 14.2. The van der Waals surface area contributed by atoms with Gasteiger partial charge in [-0.25, -0.2) is 16.8 Å². The molecule has 0 aromatic heterocycles. The SMILES string of the molecule is CCCCN(C(=O)c1cccc(S(=O)(=O)N2CCc3ccccc32)c1)[C@@H]1CCS(=O)(=O)C1. The van der Waals surface area contributed by atoms with Crippen molar-refractivity contribution >= 4 is 31.5 Å². The first-order chi connectivity index (χ1) is 15.2. The van der Waals surface area contributed by atoms with Crippen molar-refractivity contribution in [3.8, 4) is 0 Å². The zero-order valence-corrected chi connectivity index (χ0v) is 19.7. The van der Waals surface area contributed by atoms with Gasteiger partial charge in [-0.15, -0.1) is 0 Å². The van der Waals surface area contributed by atoms with Gasteiger partial charge in [0.25, 0.3) is 15.9 Å². The Bertz CT molecular complexity index is 1220. The Kier molecular flexibility index (Phi) is 6.31. The fourth-order valence-corrected chi connectivity index (χ4v) is 7.72. The van der Waals surface area contributed by atoms with E-state index in [0.717, 1.165) is 18.4 Å². The van der Waals surface area contributed by atoms with E-state index in [0.29, 0.717) is 31.6 Å². The van der Waals surface area contributed by atoms with E-state index in [2.05, 4.69) is 0 Å². The number of benzene rings is 2. The fourth-order valence-electron chi connectivity index (χ4n) is 4.44. The molecule has 7 nitrogen and oxygen atoms in total. The van der Waals surface area contributed by atoms with Gasteiger partial charge in [0, 0.05) is 24.7 Å². The van der Waals surface area contributed by atoms with Gasteiger partial charge in [0.15, 0.2) is 9.84 Å². The van der Waals surface area contributed by atoms with Crippen molar-refractivity contribution in [1.82, 2.24) is 4.90 Å². The minimum atomic E-state index is -3.82. The second kappa shape index (κ2) is 8.86. The second-order valence-corrected chi connectivity index (χ2v) is 12.5. The molecule has 32 heavy (non-hydrogen) atoms. The molecule has 1 fully saturated rings. The average Bonchev–Trinajstić information content (AvgIpc) is 3.37. The van der Waals surface area contributed by atoms with Gasteiger partial charge >= 0.3 is 0 Å². The lowest BCUT2D eigenvalue weighted by molar-refractivity contribution is 0.0694. The summed E-state index contributed by atoms with van der Waals surface area (Å²) in [7, 11) is -6.97. The summed E-state index contributed by atoms with van der Waals surface area (Å²) in [4.78, 5) is 15.1. The van der Waals surface area contributed by atoms with E-state index in [1.54, 1.807) is 23.1 Å². The van der Waals surface area contributed by atoms with Gasteiger partial charge in [-0.1, -0.05) is 37.6 Å². The topological polar surface area (TPSA) is 91.8 Å². The summed E-state index contributed by atoms with van der Waals surface area (Å²) in [6, 6.07) is 13.1. The number of hydrogen-bond donors (Lipinski definition) is 0. The molecule has 1 atom stereocenters. The van der Waals surface area contributed by atoms with Crippen molar-refractivity contribution in [2.45, 2.75) is 43.5 Å². The summed E-state index contributed by atoms with van der Waals surface area (Å²) in [5.74, 6) is -0.277. The lowest BCUT2D eigenvalue weighted by atomic mass is 10.1. The Morgan fingerprint density at radius 3 is 2.66 bits per heavy atom. The lowest BCUT2D eigenvalue weighted by Crippen LogP contribution is -2.41. The standard InChI is InChI=1S/C23H28N2O5S2/c1-2-3-13-24(20-12-15-31(27,28)17-20)23(26)19-8-6-9-21(16-19)32(29,30)25-14-11-18-7-4-5-10-22(18)25/h4-10,16,20H,2-3,11-15,17H2,1H3/t20-/m1/s1. The first-order valence-electron chi connectivity index (χ1n) is 10.9. The van der Waals surface area contributed by atoms with Crippen molar-refractivity contribution in [2.75, 3.05) is 28.9 Å². The van der Waals surface area contributed by atoms with Gasteiger partial charge in [-0.3, -0.25) is 9.10 Å². The number of nitrogens with zero attached hydrogens (tertiary/aromatic N) is 2. The van der Waals surface area contributed by atoms with Gasteiger partial charge < -0.3 is 4.90 Å². The Balaban J connectivity index is 1.63. The highest BCUT2D eigenvalue weighted by Gasteiger charge is 2.35. The monoisotopic (exact) mass is 476 g/mol. The van der Waals surface area contributed by atoms with Gasteiger partial charge in [0.1, 0.15) is 0 Å². The summed E-state index contributed by atoms with van der Waals surface area (Å²) in [6.07, 6.45) is 2.69. The summed E-state index contributed by atoms with van der Waals surface area (Å²) in [5, 5.41) is 0. The molecule has 9 heteroatoms. The normalized spacial score (nSPS) is 19.7. The maximum atomic E-state index is 13.4. The van der Waals surface area contributed by atoms with Crippen LogP contribution in [-0.4, -0.2) is 58.3 Å². The number of fused-ring (bicyclic) bond motifs is 1. The zero-order chi connectivity index (χ0) is 22.9. The highest BCUT2D eigenvalue weighted by molar-refractivity contribution is 7.93.